The fraction of sp³-hybridized carbons (Fsp3) is 0.480. The zero-order chi connectivity index (χ0) is 24.3. The molecule has 0 saturated carbocycles. The summed E-state index contributed by atoms with van der Waals surface area (Å²) < 4.78 is 39.4. The number of aromatic nitrogens is 1. The molecule has 2 aromatic rings. The van der Waals surface area contributed by atoms with E-state index in [2.05, 4.69) is 11.4 Å². The molecule has 0 aliphatic carbocycles. The maximum atomic E-state index is 13.2. The number of rotatable bonds is 7. The molecule has 2 unspecified atom stereocenters. The Balaban J connectivity index is 1.40. The third kappa shape index (κ3) is 5.69. The molecule has 4 rings (SSSR count). The highest BCUT2D eigenvalue weighted by Gasteiger charge is 2.35. The van der Waals surface area contributed by atoms with Crippen molar-refractivity contribution in [2.45, 2.75) is 50.6 Å². The third-order valence-corrected chi connectivity index (χ3v) is 6.65. The molecule has 2 aliphatic heterocycles. The molecule has 1 aromatic carbocycles. The summed E-state index contributed by atoms with van der Waals surface area (Å²) in [7, 11) is 0. The van der Waals surface area contributed by atoms with Crippen molar-refractivity contribution in [1.29, 1.82) is 0 Å². The van der Waals surface area contributed by atoms with Crippen LogP contribution >= 0.6 is 0 Å². The number of likely N-dealkylation sites (tertiary alicyclic amines) is 1. The molecule has 2 atom stereocenters. The van der Waals surface area contributed by atoms with Gasteiger partial charge in [0.2, 0.25) is 5.91 Å². The minimum absolute atomic E-state index is 0.0800. The van der Waals surface area contributed by atoms with E-state index in [4.69, 9.17) is 4.98 Å². The van der Waals surface area contributed by atoms with Gasteiger partial charge in [-0.15, -0.1) is 0 Å². The standard InChI is InChI=1S/C25H28F3N3O3/c26-25(27,28)19-5-1-3-18(13-19)21(14-22(32)33)24(34)31-12-10-16(15-31)6-8-20-9-7-17-4-2-11-29-23(17)30-20/h1,3,5,7,9,13,16,21H,2,4,6,8,10-12,14-15H2,(H,29,30)(H,32,33). The second-order valence-electron chi connectivity index (χ2n) is 9.09. The van der Waals surface area contributed by atoms with Crippen molar-refractivity contribution in [1.82, 2.24) is 9.88 Å². The number of nitrogens with zero attached hydrogens (tertiary/aromatic N) is 2. The summed E-state index contributed by atoms with van der Waals surface area (Å²) in [6.45, 7) is 1.86. The number of aryl methyl sites for hydroxylation is 2. The first-order valence-corrected chi connectivity index (χ1v) is 11.6. The van der Waals surface area contributed by atoms with Gasteiger partial charge in [0.25, 0.3) is 0 Å². The second kappa shape index (κ2) is 10.0. The molecule has 182 valence electrons. The van der Waals surface area contributed by atoms with E-state index in [0.29, 0.717) is 13.1 Å². The molecule has 1 saturated heterocycles. The Morgan fingerprint density at radius 2 is 2.06 bits per heavy atom. The first kappa shape index (κ1) is 24.0. The number of benzene rings is 1. The molecular formula is C25H28F3N3O3. The Bertz CT molecular complexity index is 1060. The van der Waals surface area contributed by atoms with Crippen LogP contribution in [0.5, 0.6) is 0 Å². The van der Waals surface area contributed by atoms with E-state index in [0.717, 1.165) is 62.3 Å². The van der Waals surface area contributed by atoms with E-state index < -0.39 is 36.0 Å². The SMILES string of the molecule is O=C(O)CC(C(=O)N1CCC(CCc2ccc3c(n2)NCCC3)C1)c1cccc(C(F)(F)F)c1. The number of carboxylic acid groups (broad SMARTS) is 1. The Labute approximate surface area is 196 Å². The fourth-order valence-corrected chi connectivity index (χ4v) is 4.80. The number of carbonyl (C=O) groups excluding carboxylic acids is 1. The lowest BCUT2D eigenvalue weighted by atomic mass is 9.92. The van der Waals surface area contributed by atoms with Crippen LogP contribution < -0.4 is 5.32 Å². The molecule has 1 amide bonds. The fourth-order valence-electron chi connectivity index (χ4n) is 4.80. The average Bonchev–Trinajstić information content (AvgIpc) is 3.29. The lowest BCUT2D eigenvalue weighted by Gasteiger charge is -2.24. The summed E-state index contributed by atoms with van der Waals surface area (Å²) in [5, 5.41) is 12.6. The van der Waals surface area contributed by atoms with Gasteiger partial charge < -0.3 is 15.3 Å². The predicted octanol–water partition coefficient (Wildman–Crippen LogP) is 4.50. The number of carboxylic acids is 1. The van der Waals surface area contributed by atoms with Crippen molar-refractivity contribution in [3.8, 4) is 0 Å². The Hall–Kier alpha value is -3.10. The van der Waals surface area contributed by atoms with Gasteiger partial charge in [0, 0.05) is 25.3 Å². The molecule has 0 radical (unpaired) electrons. The van der Waals surface area contributed by atoms with Gasteiger partial charge in [-0.3, -0.25) is 9.59 Å². The van der Waals surface area contributed by atoms with E-state index in [-0.39, 0.29) is 11.5 Å². The van der Waals surface area contributed by atoms with Crippen molar-refractivity contribution in [2.75, 3.05) is 25.0 Å². The van der Waals surface area contributed by atoms with Crippen molar-refractivity contribution >= 4 is 17.7 Å². The minimum Gasteiger partial charge on any atom is -0.481 e. The van der Waals surface area contributed by atoms with Crippen LogP contribution in [0.1, 0.15) is 54.0 Å². The van der Waals surface area contributed by atoms with Crippen LogP contribution in [0.15, 0.2) is 36.4 Å². The summed E-state index contributed by atoms with van der Waals surface area (Å²) in [5.74, 6) is -1.61. The number of nitrogens with one attached hydrogen (secondary N) is 1. The second-order valence-corrected chi connectivity index (χ2v) is 9.09. The van der Waals surface area contributed by atoms with Crippen LogP contribution in [-0.4, -0.2) is 46.5 Å². The first-order chi connectivity index (χ1) is 16.2. The van der Waals surface area contributed by atoms with Crippen LogP contribution in [0, 0.1) is 5.92 Å². The number of anilines is 1. The summed E-state index contributed by atoms with van der Waals surface area (Å²) in [4.78, 5) is 30.9. The predicted molar refractivity (Wildman–Crippen MR) is 120 cm³/mol. The molecule has 34 heavy (non-hydrogen) atoms. The molecule has 0 spiro atoms. The Morgan fingerprint density at radius 1 is 1.24 bits per heavy atom. The van der Waals surface area contributed by atoms with E-state index in [9.17, 15) is 27.9 Å². The largest absolute Gasteiger partial charge is 0.481 e. The van der Waals surface area contributed by atoms with Crippen molar-refractivity contribution in [3.05, 3.63) is 58.8 Å². The average molecular weight is 476 g/mol. The van der Waals surface area contributed by atoms with Gasteiger partial charge in [0.1, 0.15) is 5.82 Å². The number of fused-ring (bicyclic) bond motifs is 1. The van der Waals surface area contributed by atoms with Crippen molar-refractivity contribution in [2.24, 2.45) is 5.92 Å². The van der Waals surface area contributed by atoms with Gasteiger partial charge >= 0.3 is 12.1 Å². The monoisotopic (exact) mass is 475 g/mol. The van der Waals surface area contributed by atoms with Gasteiger partial charge in [0.15, 0.2) is 0 Å². The molecule has 1 fully saturated rings. The van der Waals surface area contributed by atoms with Crippen molar-refractivity contribution < 1.29 is 27.9 Å². The van der Waals surface area contributed by atoms with Crippen LogP contribution in [-0.2, 0) is 28.6 Å². The Kier molecular flexibility index (Phi) is 7.09. The molecule has 2 N–H and O–H groups in total. The smallest absolute Gasteiger partial charge is 0.416 e. The zero-order valence-corrected chi connectivity index (χ0v) is 18.8. The normalized spacial score (nSPS) is 18.8. The highest BCUT2D eigenvalue weighted by Crippen LogP contribution is 2.33. The van der Waals surface area contributed by atoms with E-state index in [1.165, 1.54) is 17.7 Å². The lowest BCUT2D eigenvalue weighted by Crippen LogP contribution is -2.34. The topological polar surface area (TPSA) is 82.5 Å². The lowest BCUT2D eigenvalue weighted by molar-refractivity contribution is -0.142. The summed E-state index contributed by atoms with van der Waals surface area (Å²) in [6.07, 6.45) is -0.602. The number of halogens is 3. The van der Waals surface area contributed by atoms with E-state index >= 15 is 0 Å². The van der Waals surface area contributed by atoms with Gasteiger partial charge in [0.05, 0.1) is 17.9 Å². The van der Waals surface area contributed by atoms with E-state index in [1.54, 1.807) is 4.90 Å². The molecule has 2 aliphatic rings. The summed E-state index contributed by atoms with van der Waals surface area (Å²) in [5.41, 5.74) is 1.41. The number of carbonyl (C=O) groups is 2. The molecule has 6 nitrogen and oxygen atoms in total. The first-order valence-electron chi connectivity index (χ1n) is 11.6. The van der Waals surface area contributed by atoms with Crippen LogP contribution in [0.2, 0.25) is 0 Å². The van der Waals surface area contributed by atoms with Gasteiger partial charge in [-0.1, -0.05) is 24.3 Å². The van der Waals surface area contributed by atoms with E-state index in [1.807, 2.05) is 6.07 Å². The van der Waals surface area contributed by atoms with Crippen molar-refractivity contribution in [3.63, 3.8) is 0 Å². The summed E-state index contributed by atoms with van der Waals surface area (Å²) in [6, 6.07) is 8.56. The number of hydrogen-bond acceptors (Lipinski definition) is 4. The molecular weight excluding hydrogens is 447 g/mol. The number of pyridine rings is 1. The maximum Gasteiger partial charge on any atom is 0.416 e. The molecule has 3 heterocycles. The Morgan fingerprint density at radius 3 is 2.82 bits per heavy atom. The van der Waals surface area contributed by atoms with Crippen LogP contribution in [0.3, 0.4) is 0 Å². The number of aliphatic carboxylic acids is 1. The number of hydrogen-bond donors (Lipinski definition) is 2. The van der Waals surface area contributed by atoms with Gasteiger partial charge in [-0.2, -0.15) is 13.2 Å². The van der Waals surface area contributed by atoms with Gasteiger partial charge in [-0.05, 0) is 61.3 Å². The minimum atomic E-state index is -4.56. The molecule has 0 bridgehead atoms. The third-order valence-electron chi connectivity index (χ3n) is 6.65. The highest BCUT2D eigenvalue weighted by atomic mass is 19.4. The maximum absolute atomic E-state index is 13.2. The van der Waals surface area contributed by atoms with Gasteiger partial charge in [-0.25, -0.2) is 4.98 Å². The molecule has 1 aromatic heterocycles. The highest BCUT2D eigenvalue weighted by molar-refractivity contribution is 5.88. The molecule has 9 heteroatoms. The zero-order valence-electron chi connectivity index (χ0n) is 18.8. The number of alkyl halides is 3. The van der Waals surface area contributed by atoms with Crippen LogP contribution in [0.4, 0.5) is 19.0 Å². The summed E-state index contributed by atoms with van der Waals surface area (Å²) >= 11 is 0. The number of amides is 1. The van der Waals surface area contributed by atoms with Crippen LogP contribution in [0.25, 0.3) is 0 Å². The quantitative estimate of drug-likeness (QED) is 0.616.